The number of ether oxygens (including phenoxy) is 1. The first kappa shape index (κ1) is 22.0. The summed E-state index contributed by atoms with van der Waals surface area (Å²) in [6, 6.07) is 23.3. The molecule has 3 aromatic carbocycles. The van der Waals surface area contributed by atoms with E-state index in [1.54, 1.807) is 7.11 Å². The van der Waals surface area contributed by atoms with Gasteiger partial charge in [0.2, 0.25) is 11.1 Å². The molecule has 1 aromatic heterocycles. The third kappa shape index (κ3) is 4.24. The normalized spacial score (nSPS) is 16.9. The van der Waals surface area contributed by atoms with Gasteiger partial charge in [0, 0.05) is 11.3 Å². The lowest BCUT2D eigenvalue weighted by atomic mass is 10.0. The van der Waals surface area contributed by atoms with Crippen LogP contribution in [0.5, 0.6) is 5.75 Å². The van der Waals surface area contributed by atoms with Crippen molar-refractivity contribution in [3.05, 3.63) is 89.5 Å². The number of rotatable bonds is 5. The quantitative estimate of drug-likeness (QED) is 0.428. The molecular formula is C26H25N5O2S. The van der Waals surface area contributed by atoms with Gasteiger partial charge in [-0.05, 0) is 54.8 Å². The van der Waals surface area contributed by atoms with Gasteiger partial charge in [-0.3, -0.25) is 4.79 Å². The van der Waals surface area contributed by atoms with Crippen LogP contribution < -0.4 is 15.5 Å². The van der Waals surface area contributed by atoms with Gasteiger partial charge in [0.15, 0.2) is 5.82 Å². The first-order valence-corrected chi connectivity index (χ1v) is 11.9. The maximum absolute atomic E-state index is 13.5. The molecular weight excluding hydrogens is 446 g/mol. The predicted molar refractivity (Wildman–Crippen MR) is 135 cm³/mol. The lowest BCUT2D eigenvalue weighted by molar-refractivity contribution is -0.116. The van der Waals surface area contributed by atoms with Crippen molar-refractivity contribution in [2.75, 3.05) is 17.9 Å². The average Bonchev–Trinajstić information content (AvgIpc) is 3.29. The first-order valence-electron chi connectivity index (χ1n) is 11.0. The minimum atomic E-state index is -0.463. The summed E-state index contributed by atoms with van der Waals surface area (Å²) in [7, 11) is 1.64. The van der Waals surface area contributed by atoms with E-state index in [9.17, 15) is 4.79 Å². The number of anilines is 1. The number of methoxy groups -OCH3 is 1. The third-order valence-electron chi connectivity index (χ3n) is 5.98. The second kappa shape index (κ2) is 9.23. The second-order valence-electron chi connectivity index (χ2n) is 8.21. The van der Waals surface area contributed by atoms with Crippen LogP contribution in [0.3, 0.4) is 0 Å². The Morgan fingerprint density at radius 3 is 2.47 bits per heavy atom. The van der Waals surface area contributed by atoms with Crippen molar-refractivity contribution in [2.24, 2.45) is 0 Å². The van der Waals surface area contributed by atoms with Crippen LogP contribution in [0.4, 0.5) is 5.69 Å². The molecule has 8 heteroatoms. The molecule has 172 valence electrons. The second-order valence-corrected chi connectivity index (χ2v) is 9.32. The number of aryl methyl sites for hydroxylation is 2. The fourth-order valence-corrected chi connectivity index (χ4v) is 5.00. The van der Waals surface area contributed by atoms with Crippen molar-refractivity contribution >= 4 is 23.4 Å². The van der Waals surface area contributed by atoms with Crippen molar-refractivity contribution in [3.63, 3.8) is 0 Å². The third-order valence-corrected chi connectivity index (χ3v) is 7.19. The van der Waals surface area contributed by atoms with E-state index in [-0.39, 0.29) is 11.9 Å². The average molecular weight is 472 g/mol. The van der Waals surface area contributed by atoms with Crippen molar-refractivity contribution in [3.8, 4) is 17.1 Å². The van der Waals surface area contributed by atoms with E-state index in [1.165, 1.54) is 17.3 Å². The number of hydrogen-bond donors (Lipinski definition) is 2. The molecule has 0 unspecified atom stereocenters. The SMILES string of the molecule is COc1ccc([C@H]2Nn3c(nnc3-c3ccccc3)S[C@H]2C(=O)Nc2ccc(C)c(C)c2)cc1. The number of aromatic nitrogens is 3. The Kier molecular flexibility index (Phi) is 5.98. The summed E-state index contributed by atoms with van der Waals surface area (Å²) in [5, 5.41) is 12.0. The molecule has 4 aromatic rings. The molecule has 0 aliphatic carbocycles. The molecule has 0 radical (unpaired) electrons. The van der Waals surface area contributed by atoms with Crippen molar-refractivity contribution < 1.29 is 9.53 Å². The fourth-order valence-electron chi connectivity index (χ4n) is 3.92. The molecule has 1 amide bonds. The van der Waals surface area contributed by atoms with E-state index in [4.69, 9.17) is 4.74 Å². The number of nitrogens with zero attached hydrogens (tertiary/aromatic N) is 3. The van der Waals surface area contributed by atoms with Gasteiger partial charge in [-0.1, -0.05) is 60.3 Å². The number of hydrogen-bond acceptors (Lipinski definition) is 6. The van der Waals surface area contributed by atoms with Crippen LogP contribution in [0.15, 0.2) is 78.0 Å². The van der Waals surface area contributed by atoms with Gasteiger partial charge in [0.05, 0.1) is 13.2 Å². The Balaban J connectivity index is 1.50. The molecule has 2 atom stereocenters. The minimum Gasteiger partial charge on any atom is -0.497 e. The number of amides is 1. The Labute approximate surface area is 202 Å². The van der Waals surface area contributed by atoms with Crippen LogP contribution in [0.2, 0.25) is 0 Å². The molecule has 0 bridgehead atoms. The topological polar surface area (TPSA) is 81.1 Å². The van der Waals surface area contributed by atoms with Crippen molar-refractivity contribution in [2.45, 2.75) is 30.3 Å². The highest BCUT2D eigenvalue weighted by Gasteiger charge is 2.38. The zero-order valence-corrected chi connectivity index (χ0v) is 20.0. The number of benzene rings is 3. The smallest absolute Gasteiger partial charge is 0.240 e. The molecule has 0 fully saturated rings. The lowest BCUT2D eigenvalue weighted by Crippen LogP contribution is -2.41. The van der Waals surface area contributed by atoms with Crippen LogP contribution in [-0.2, 0) is 4.79 Å². The van der Waals surface area contributed by atoms with Crippen molar-refractivity contribution in [1.82, 2.24) is 14.9 Å². The van der Waals surface area contributed by atoms with Crippen molar-refractivity contribution in [1.29, 1.82) is 0 Å². The maximum atomic E-state index is 13.5. The predicted octanol–water partition coefficient (Wildman–Crippen LogP) is 4.97. The Bertz CT molecular complexity index is 1320. The number of carbonyl (C=O) groups is 1. The molecule has 0 spiro atoms. The van der Waals surface area contributed by atoms with E-state index < -0.39 is 5.25 Å². The Hall–Kier alpha value is -3.78. The largest absolute Gasteiger partial charge is 0.497 e. The summed E-state index contributed by atoms with van der Waals surface area (Å²) < 4.78 is 7.19. The van der Waals surface area contributed by atoms with E-state index in [0.717, 1.165) is 28.1 Å². The zero-order valence-electron chi connectivity index (χ0n) is 19.1. The van der Waals surface area contributed by atoms with E-state index in [0.29, 0.717) is 11.0 Å². The summed E-state index contributed by atoms with van der Waals surface area (Å²) in [5.41, 5.74) is 8.51. The standard InChI is InChI=1S/C26H25N5O2S/c1-16-9-12-20(15-17(16)2)27-25(32)23-22(18-10-13-21(33-3)14-11-18)30-31-24(28-29-26(31)34-23)19-7-5-4-6-8-19/h4-15,22-23,30H,1-3H3,(H,27,32)/t22-,23-/m1/s1. The van der Waals surface area contributed by atoms with Crippen LogP contribution in [-0.4, -0.2) is 33.1 Å². The highest BCUT2D eigenvalue weighted by molar-refractivity contribution is 8.00. The maximum Gasteiger partial charge on any atom is 0.240 e. The summed E-state index contributed by atoms with van der Waals surface area (Å²) in [5.74, 6) is 1.37. The van der Waals surface area contributed by atoms with Gasteiger partial charge in [-0.2, -0.15) is 0 Å². The summed E-state index contributed by atoms with van der Waals surface area (Å²) in [6.45, 7) is 4.09. The monoisotopic (exact) mass is 471 g/mol. The lowest BCUT2D eigenvalue weighted by Gasteiger charge is -2.33. The minimum absolute atomic E-state index is 0.0999. The molecule has 2 N–H and O–H groups in total. The fraction of sp³-hybridized carbons (Fsp3) is 0.192. The highest BCUT2D eigenvalue weighted by Crippen LogP contribution is 2.39. The first-order chi connectivity index (χ1) is 16.5. The van der Waals surface area contributed by atoms with Gasteiger partial charge in [0.1, 0.15) is 11.0 Å². The van der Waals surface area contributed by atoms with Crippen LogP contribution in [0.25, 0.3) is 11.4 Å². The summed E-state index contributed by atoms with van der Waals surface area (Å²) in [6.07, 6.45) is 0. The van der Waals surface area contributed by atoms with Gasteiger partial charge in [-0.25, -0.2) is 4.68 Å². The number of nitrogens with one attached hydrogen (secondary N) is 2. The highest BCUT2D eigenvalue weighted by atomic mass is 32.2. The molecule has 1 aliphatic rings. The molecule has 7 nitrogen and oxygen atoms in total. The van der Waals surface area contributed by atoms with Crippen LogP contribution in [0.1, 0.15) is 22.7 Å². The Morgan fingerprint density at radius 2 is 1.76 bits per heavy atom. The Morgan fingerprint density at radius 1 is 1.00 bits per heavy atom. The van der Waals surface area contributed by atoms with E-state index in [2.05, 4.69) is 27.9 Å². The zero-order chi connectivity index (χ0) is 23.7. The van der Waals surface area contributed by atoms with Gasteiger partial charge < -0.3 is 15.5 Å². The molecule has 1 aliphatic heterocycles. The molecule has 0 saturated carbocycles. The summed E-state index contributed by atoms with van der Waals surface area (Å²) in [4.78, 5) is 13.5. The van der Waals surface area contributed by atoms with Gasteiger partial charge >= 0.3 is 0 Å². The number of carbonyl (C=O) groups excluding carboxylic acids is 1. The molecule has 34 heavy (non-hydrogen) atoms. The van der Waals surface area contributed by atoms with E-state index >= 15 is 0 Å². The summed E-state index contributed by atoms with van der Waals surface area (Å²) >= 11 is 1.40. The number of fused-ring (bicyclic) bond motifs is 1. The number of thioether (sulfide) groups is 1. The van der Waals surface area contributed by atoms with Crippen LogP contribution in [0, 0.1) is 13.8 Å². The molecule has 2 heterocycles. The molecule has 0 saturated heterocycles. The van der Waals surface area contributed by atoms with Gasteiger partial charge in [0.25, 0.3) is 0 Å². The molecule has 5 rings (SSSR count). The van der Waals surface area contributed by atoms with Crippen LogP contribution >= 0.6 is 11.8 Å². The van der Waals surface area contributed by atoms with Gasteiger partial charge in [-0.15, -0.1) is 10.2 Å². The van der Waals surface area contributed by atoms with E-state index in [1.807, 2.05) is 84.4 Å².